The summed E-state index contributed by atoms with van der Waals surface area (Å²) in [4.78, 5) is 6.37. The quantitative estimate of drug-likeness (QED) is 0.339. The Labute approximate surface area is 94.6 Å². The van der Waals surface area contributed by atoms with Crippen molar-refractivity contribution in [3.63, 3.8) is 0 Å². The van der Waals surface area contributed by atoms with E-state index in [2.05, 4.69) is 15.0 Å². The Morgan fingerprint density at radius 2 is 2.12 bits per heavy atom. The Kier molecular flexibility index (Phi) is 3.24. The molecule has 1 aliphatic rings. The fraction of sp³-hybridized carbons (Fsp3) is 0.455. The van der Waals surface area contributed by atoms with E-state index in [-0.39, 0.29) is 5.84 Å². The van der Waals surface area contributed by atoms with Crippen molar-refractivity contribution in [1.82, 2.24) is 4.98 Å². The largest absolute Gasteiger partial charge is 0.409 e. The number of oxime groups is 1. The first-order chi connectivity index (χ1) is 7.81. The van der Waals surface area contributed by atoms with Crippen molar-refractivity contribution in [3.05, 3.63) is 24.0 Å². The lowest BCUT2D eigenvalue weighted by molar-refractivity contribution is 0.318. The molecule has 0 bridgehead atoms. The van der Waals surface area contributed by atoms with Crippen molar-refractivity contribution in [3.8, 4) is 0 Å². The molecule has 1 aromatic rings. The van der Waals surface area contributed by atoms with Crippen LogP contribution in [0, 0.1) is 0 Å². The summed E-state index contributed by atoms with van der Waals surface area (Å²) in [6, 6.07) is 3.82. The zero-order valence-electron chi connectivity index (χ0n) is 9.13. The number of amidine groups is 1. The van der Waals surface area contributed by atoms with Gasteiger partial charge < -0.3 is 15.8 Å². The first-order valence-electron chi connectivity index (χ1n) is 5.50. The second-order valence-electron chi connectivity index (χ2n) is 3.93. The van der Waals surface area contributed by atoms with Crippen LogP contribution in [0.3, 0.4) is 0 Å². The van der Waals surface area contributed by atoms with Crippen LogP contribution < -0.4 is 10.6 Å². The highest BCUT2D eigenvalue weighted by Crippen LogP contribution is 2.19. The van der Waals surface area contributed by atoms with Gasteiger partial charge in [-0.1, -0.05) is 5.16 Å². The van der Waals surface area contributed by atoms with Gasteiger partial charge in [0.25, 0.3) is 0 Å². The van der Waals surface area contributed by atoms with Crippen LogP contribution >= 0.6 is 0 Å². The van der Waals surface area contributed by atoms with Crippen molar-refractivity contribution in [2.45, 2.75) is 19.3 Å². The Bertz CT molecular complexity index is 385. The normalized spacial score (nSPS) is 17.5. The molecule has 16 heavy (non-hydrogen) atoms. The summed E-state index contributed by atoms with van der Waals surface area (Å²) in [6.45, 7) is 2.14. The third-order valence-corrected chi connectivity index (χ3v) is 2.83. The highest BCUT2D eigenvalue weighted by Gasteiger charge is 2.12. The van der Waals surface area contributed by atoms with E-state index in [1.165, 1.54) is 19.3 Å². The number of nitrogens with zero attached hydrogens (tertiary/aromatic N) is 3. The van der Waals surface area contributed by atoms with Gasteiger partial charge >= 0.3 is 0 Å². The first-order valence-corrected chi connectivity index (χ1v) is 5.50. The predicted octanol–water partition coefficient (Wildman–Crippen LogP) is 1.17. The molecule has 2 rings (SSSR count). The monoisotopic (exact) mass is 220 g/mol. The average molecular weight is 220 g/mol. The minimum atomic E-state index is 0.0545. The van der Waals surface area contributed by atoms with Crippen LogP contribution in [0.4, 0.5) is 5.69 Å². The van der Waals surface area contributed by atoms with Crippen molar-refractivity contribution in [2.24, 2.45) is 10.9 Å². The van der Waals surface area contributed by atoms with Crippen molar-refractivity contribution in [2.75, 3.05) is 18.0 Å². The number of pyridine rings is 1. The Hall–Kier alpha value is -1.78. The van der Waals surface area contributed by atoms with E-state index in [9.17, 15) is 0 Å². The van der Waals surface area contributed by atoms with E-state index in [0.29, 0.717) is 5.69 Å². The van der Waals surface area contributed by atoms with Crippen LogP contribution in [0.15, 0.2) is 23.5 Å². The standard InChI is InChI=1S/C11H16N4O/c12-11(14-16)10-8-9(4-5-13-10)15-6-2-1-3-7-15/h4-5,8,16H,1-3,6-7H2,(H2,12,14). The van der Waals surface area contributed by atoms with Gasteiger partial charge in [0.2, 0.25) is 0 Å². The molecule has 1 fully saturated rings. The van der Waals surface area contributed by atoms with Crippen LogP contribution in [0.1, 0.15) is 25.0 Å². The number of aromatic nitrogens is 1. The van der Waals surface area contributed by atoms with E-state index in [4.69, 9.17) is 10.9 Å². The molecule has 0 atom stereocenters. The fourth-order valence-corrected chi connectivity index (χ4v) is 1.96. The smallest absolute Gasteiger partial charge is 0.188 e. The molecule has 3 N–H and O–H groups in total. The van der Waals surface area contributed by atoms with Gasteiger partial charge in [-0.25, -0.2) is 0 Å². The lowest BCUT2D eigenvalue weighted by Gasteiger charge is -2.28. The summed E-state index contributed by atoms with van der Waals surface area (Å²) in [6.07, 6.45) is 5.44. The van der Waals surface area contributed by atoms with Crippen molar-refractivity contribution < 1.29 is 5.21 Å². The zero-order valence-corrected chi connectivity index (χ0v) is 9.13. The molecule has 1 aliphatic heterocycles. The van der Waals surface area contributed by atoms with E-state index < -0.39 is 0 Å². The summed E-state index contributed by atoms with van der Waals surface area (Å²) in [5.74, 6) is 0.0545. The van der Waals surface area contributed by atoms with Gasteiger partial charge in [-0.3, -0.25) is 4.98 Å². The zero-order chi connectivity index (χ0) is 11.4. The number of nitrogens with two attached hydrogens (primary N) is 1. The third-order valence-electron chi connectivity index (χ3n) is 2.83. The van der Waals surface area contributed by atoms with E-state index in [0.717, 1.165) is 18.8 Å². The molecule has 0 saturated carbocycles. The molecule has 1 aromatic heterocycles. The summed E-state index contributed by atoms with van der Waals surface area (Å²) in [5, 5.41) is 11.6. The van der Waals surface area contributed by atoms with Crippen LogP contribution in [0.2, 0.25) is 0 Å². The molecule has 0 aliphatic carbocycles. The number of hydrogen-bond donors (Lipinski definition) is 2. The molecule has 0 spiro atoms. The van der Waals surface area contributed by atoms with Crippen LogP contribution in [0.25, 0.3) is 0 Å². The van der Waals surface area contributed by atoms with Crippen LogP contribution in [-0.4, -0.2) is 29.1 Å². The lowest BCUT2D eigenvalue weighted by Crippen LogP contribution is -2.29. The third kappa shape index (κ3) is 2.24. The van der Waals surface area contributed by atoms with E-state index in [1.807, 2.05) is 12.1 Å². The van der Waals surface area contributed by atoms with Crippen molar-refractivity contribution >= 4 is 11.5 Å². The van der Waals surface area contributed by atoms with Crippen LogP contribution in [-0.2, 0) is 0 Å². The van der Waals surface area contributed by atoms with Gasteiger partial charge in [-0.05, 0) is 31.4 Å². The van der Waals surface area contributed by atoms with Crippen molar-refractivity contribution in [1.29, 1.82) is 0 Å². The molecule has 0 amide bonds. The maximum Gasteiger partial charge on any atom is 0.188 e. The van der Waals surface area contributed by atoms with Gasteiger partial charge in [-0.15, -0.1) is 0 Å². The van der Waals surface area contributed by atoms with E-state index in [1.54, 1.807) is 6.20 Å². The molecule has 5 heteroatoms. The number of rotatable bonds is 2. The molecule has 0 aromatic carbocycles. The molecular formula is C11H16N4O. The minimum Gasteiger partial charge on any atom is -0.409 e. The minimum absolute atomic E-state index is 0.0545. The molecule has 86 valence electrons. The molecule has 1 saturated heterocycles. The summed E-state index contributed by atoms with van der Waals surface area (Å²) < 4.78 is 0. The van der Waals surface area contributed by atoms with E-state index >= 15 is 0 Å². The Morgan fingerprint density at radius 3 is 2.81 bits per heavy atom. The molecule has 5 nitrogen and oxygen atoms in total. The van der Waals surface area contributed by atoms with Gasteiger partial charge in [0.1, 0.15) is 5.69 Å². The lowest BCUT2D eigenvalue weighted by atomic mass is 10.1. The molecular weight excluding hydrogens is 204 g/mol. The first kappa shape index (κ1) is 10.7. The molecule has 0 unspecified atom stereocenters. The maximum atomic E-state index is 8.60. The molecule has 0 radical (unpaired) electrons. The van der Waals surface area contributed by atoms with Crippen LogP contribution in [0.5, 0.6) is 0 Å². The van der Waals surface area contributed by atoms with Gasteiger partial charge in [-0.2, -0.15) is 0 Å². The topological polar surface area (TPSA) is 74.7 Å². The second-order valence-corrected chi connectivity index (χ2v) is 3.93. The number of piperidine rings is 1. The van der Waals surface area contributed by atoms with Gasteiger partial charge in [0.05, 0.1) is 0 Å². The fourth-order valence-electron chi connectivity index (χ4n) is 1.96. The second kappa shape index (κ2) is 4.83. The average Bonchev–Trinajstić information content (AvgIpc) is 2.39. The summed E-state index contributed by atoms with van der Waals surface area (Å²) >= 11 is 0. The summed E-state index contributed by atoms with van der Waals surface area (Å²) in [7, 11) is 0. The Morgan fingerprint density at radius 1 is 1.38 bits per heavy atom. The number of anilines is 1. The van der Waals surface area contributed by atoms with Gasteiger partial charge in [0, 0.05) is 25.0 Å². The maximum absolute atomic E-state index is 8.60. The highest BCUT2D eigenvalue weighted by atomic mass is 16.4. The Balaban J connectivity index is 2.21. The number of hydrogen-bond acceptors (Lipinski definition) is 4. The highest BCUT2D eigenvalue weighted by molar-refractivity contribution is 5.95. The molecule has 2 heterocycles. The summed E-state index contributed by atoms with van der Waals surface area (Å²) in [5.41, 5.74) is 7.12. The SMILES string of the molecule is NC(=NO)c1cc(N2CCCCC2)ccn1. The predicted molar refractivity (Wildman–Crippen MR) is 62.8 cm³/mol. The van der Waals surface area contributed by atoms with Gasteiger partial charge in [0.15, 0.2) is 5.84 Å².